The molecule has 0 unspecified atom stereocenters. The average Bonchev–Trinajstić information content (AvgIpc) is 2.38. The normalized spacial score (nSPS) is 11.2. The molecule has 0 atom stereocenters. The van der Waals surface area contributed by atoms with Crippen LogP contribution in [0.25, 0.3) is 0 Å². The second-order valence-corrected chi connectivity index (χ2v) is 6.07. The Morgan fingerprint density at radius 2 is 1.80 bits per heavy atom. The SMILES string of the molecule is O=[N+]([O-])c1cccc(CS(=O)(=O)c2ccccc2F)c1. The van der Waals surface area contributed by atoms with E-state index in [4.69, 9.17) is 0 Å². The largest absolute Gasteiger partial charge is 0.269 e. The van der Waals surface area contributed by atoms with Crippen molar-refractivity contribution in [1.29, 1.82) is 0 Å². The number of rotatable bonds is 4. The zero-order valence-electron chi connectivity index (χ0n) is 10.2. The summed E-state index contributed by atoms with van der Waals surface area (Å²) in [6.45, 7) is 0. The van der Waals surface area contributed by atoms with Crippen molar-refractivity contribution >= 4 is 15.5 Å². The zero-order valence-corrected chi connectivity index (χ0v) is 11.0. The Balaban J connectivity index is 2.36. The van der Waals surface area contributed by atoms with Gasteiger partial charge in [0.2, 0.25) is 0 Å². The van der Waals surface area contributed by atoms with Gasteiger partial charge < -0.3 is 0 Å². The summed E-state index contributed by atoms with van der Waals surface area (Å²) in [5.41, 5.74) is 0.0358. The van der Waals surface area contributed by atoms with Gasteiger partial charge in [-0.1, -0.05) is 24.3 Å². The molecule has 0 heterocycles. The van der Waals surface area contributed by atoms with Gasteiger partial charge in [0.1, 0.15) is 10.7 Å². The molecule has 2 aromatic carbocycles. The summed E-state index contributed by atoms with van der Waals surface area (Å²) in [6, 6.07) is 10.3. The first kappa shape index (κ1) is 14.1. The van der Waals surface area contributed by atoms with E-state index in [-0.39, 0.29) is 11.3 Å². The predicted octanol–water partition coefficient (Wildman–Crippen LogP) is 2.71. The van der Waals surface area contributed by atoms with Crippen molar-refractivity contribution in [2.45, 2.75) is 10.6 Å². The highest BCUT2D eigenvalue weighted by Gasteiger charge is 2.20. The molecule has 5 nitrogen and oxygen atoms in total. The number of non-ortho nitro benzene ring substituents is 1. The average molecular weight is 295 g/mol. The van der Waals surface area contributed by atoms with Crippen LogP contribution in [-0.4, -0.2) is 13.3 Å². The Labute approximate surface area is 114 Å². The third kappa shape index (κ3) is 3.00. The van der Waals surface area contributed by atoms with Crippen LogP contribution in [0.3, 0.4) is 0 Å². The summed E-state index contributed by atoms with van der Waals surface area (Å²) in [5, 5.41) is 10.6. The van der Waals surface area contributed by atoms with Crippen LogP contribution >= 0.6 is 0 Å². The van der Waals surface area contributed by atoms with Gasteiger partial charge in [-0.05, 0) is 17.7 Å². The highest BCUT2D eigenvalue weighted by molar-refractivity contribution is 7.90. The van der Waals surface area contributed by atoms with Gasteiger partial charge in [0.15, 0.2) is 9.84 Å². The molecule has 20 heavy (non-hydrogen) atoms. The van der Waals surface area contributed by atoms with Gasteiger partial charge in [0.05, 0.1) is 10.7 Å². The first-order valence-corrected chi connectivity index (χ1v) is 7.26. The molecule has 0 fully saturated rings. The second-order valence-electron chi connectivity index (χ2n) is 4.12. The maximum atomic E-state index is 13.5. The van der Waals surface area contributed by atoms with Gasteiger partial charge in [-0.15, -0.1) is 0 Å². The first-order valence-electron chi connectivity index (χ1n) is 5.61. The summed E-state index contributed by atoms with van der Waals surface area (Å²) >= 11 is 0. The lowest BCUT2D eigenvalue weighted by atomic mass is 10.2. The van der Waals surface area contributed by atoms with E-state index in [1.54, 1.807) is 0 Å². The van der Waals surface area contributed by atoms with E-state index in [1.807, 2.05) is 0 Å². The fourth-order valence-electron chi connectivity index (χ4n) is 1.75. The third-order valence-corrected chi connectivity index (χ3v) is 4.36. The minimum atomic E-state index is -3.88. The van der Waals surface area contributed by atoms with E-state index < -0.39 is 31.2 Å². The van der Waals surface area contributed by atoms with Crippen LogP contribution < -0.4 is 0 Å². The lowest BCUT2D eigenvalue weighted by molar-refractivity contribution is -0.384. The number of hydrogen-bond donors (Lipinski definition) is 0. The molecule has 0 aliphatic carbocycles. The van der Waals surface area contributed by atoms with Crippen molar-refractivity contribution in [1.82, 2.24) is 0 Å². The number of sulfone groups is 1. The van der Waals surface area contributed by atoms with Crippen LogP contribution in [-0.2, 0) is 15.6 Å². The number of nitro groups is 1. The third-order valence-electron chi connectivity index (χ3n) is 2.65. The van der Waals surface area contributed by atoms with E-state index >= 15 is 0 Å². The van der Waals surface area contributed by atoms with E-state index in [9.17, 15) is 22.9 Å². The number of hydrogen-bond acceptors (Lipinski definition) is 4. The maximum Gasteiger partial charge on any atom is 0.269 e. The molecule has 0 bridgehead atoms. The van der Waals surface area contributed by atoms with Crippen LogP contribution in [0.15, 0.2) is 53.4 Å². The monoisotopic (exact) mass is 295 g/mol. The van der Waals surface area contributed by atoms with Gasteiger partial charge in [-0.2, -0.15) is 0 Å². The van der Waals surface area contributed by atoms with Crippen molar-refractivity contribution in [3.63, 3.8) is 0 Å². The molecule has 0 aliphatic rings. The molecule has 0 spiro atoms. The van der Waals surface area contributed by atoms with Crippen molar-refractivity contribution < 1.29 is 17.7 Å². The fraction of sp³-hybridized carbons (Fsp3) is 0.0769. The molecule has 0 aromatic heterocycles. The molecule has 7 heteroatoms. The highest BCUT2D eigenvalue weighted by Crippen LogP contribution is 2.21. The lowest BCUT2D eigenvalue weighted by Crippen LogP contribution is -2.07. The molecule has 0 radical (unpaired) electrons. The number of nitrogens with zero attached hydrogens (tertiary/aromatic N) is 1. The minimum Gasteiger partial charge on any atom is -0.258 e. The van der Waals surface area contributed by atoms with Crippen LogP contribution in [0.2, 0.25) is 0 Å². The molecule has 0 N–H and O–H groups in total. The molecule has 0 saturated heterocycles. The topological polar surface area (TPSA) is 77.3 Å². The lowest BCUT2D eigenvalue weighted by Gasteiger charge is -2.05. The van der Waals surface area contributed by atoms with Crippen LogP contribution in [0.5, 0.6) is 0 Å². The predicted molar refractivity (Wildman–Crippen MR) is 70.4 cm³/mol. The van der Waals surface area contributed by atoms with E-state index in [0.717, 1.165) is 6.07 Å². The van der Waals surface area contributed by atoms with Gasteiger partial charge >= 0.3 is 0 Å². The van der Waals surface area contributed by atoms with Crippen molar-refractivity contribution in [2.75, 3.05) is 0 Å². The molecule has 0 saturated carbocycles. The maximum absolute atomic E-state index is 13.5. The minimum absolute atomic E-state index is 0.203. The van der Waals surface area contributed by atoms with Crippen molar-refractivity contribution in [3.8, 4) is 0 Å². The Bertz CT molecular complexity index is 758. The first-order chi connectivity index (χ1) is 9.40. The van der Waals surface area contributed by atoms with Crippen LogP contribution in [0.1, 0.15) is 5.56 Å². The van der Waals surface area contributed by atoms with Crippen LogP contribution in [0.4, 0.5) is 10.1 Å². The molecule has 0 aliphatic heterocycles. The van der Waals surface area contributed by atoms with Gasteiger partial charge in [0.25, 0.3) is 5.69 Å². The molecule has 104 valence electrons. The smallest absolute Gasteiger partial charge is 0.258 e. The summed E-state index contributed by atoms with van der Waals surface area (Å²) < 4.78 is 37.7. The van der Waals surface area contributed by atoms with E-state index in [2.05, 4.69) is 0 Å². The standard InChI is InChI=1S/C13H10FNO4S/c14-12-6-1-2-7-13(12)20(18,19)9-10-4-3-5-11(8-10)15(16)17/h1-8H,9H2. The number of halogens is 1. The Hall–Kier alpha value is -2.28. The summed E-state index contributed by atoms with van der Waals surface area (Å²) in [4.78, 5) is 9.62. The Morgan fingerprint density at radius 1 is 1.10 bits per heavy atom. The Morgan fingerprint density at radius 3 is 2.45 bits per heavy atom. The van der Waals surface area contributed by atoms with Gasteiger partial charge in [-0.25, -0.2) is 12.8 Å². The molecule has 2 aromatic rings. The molecular formula is C13H10FNO4S. The number of nitro benzene ring substituents is 1. The fourth-order valence-corrected chi connectivity index (χ4v) is 3.18. The summed E-state index contributed by atoms with van der Waals surface area (Å²) in [5.74, 6) is -1.33. The molecule has 0 amide bonds. The zero-order chi connectivity index (χ0) is 14.8. The quantitative estimate of drug-likeness (QED) is 0.642. The Kier molecular flexibility index (Phi) is 3.80. The number of benzene rings is 2. The summed E-state index contributed by atoms with van der Waals surface area (Å²) in [7, 11) is -3.88. The summed E-state index contributed by atoms with van der Waals surface area (Å²) in [6.07, 6.45) is 0. The van der Waals surface area contributed by atoms with E-state index in [0.29, 0.717) is 0 Å². The van der Waals surface area contributed by atoms with E-state index in [1.165, 1.54) is 42.5 Å². The van der Waals surface area contributed by atoms with Crippen molar-refractivity contribution in [2.24, 2.45) is 0 Å². The molecular weight excluding hydrogens is 285 g/mol. The highest BCUT2D eigenvalue weighted by atomic mass is 32.2. The second kappa shape index (κ2) is 5.38. The van der Waals surface area contributed by atoms with Gasteiger partial charge in [-0.3, -0.25) is 10.1 Å². The van der Waals surface area contributed by atoms with Gasteiger partial charge in [0, 0.05) is 12.1 Å². The van der Waals surface area contributed by atoms with Crippen molar-refractivity contribution in [3.05, 3.63) is 70.0 Å². The van der Waals surface area contributed by atoms with Crippen LogP contribution in [0, 0.1) is 15.9 Å². The molecule has 2 rings (SSSR count).